The molecule has 0 aliphatic heterocycles. The molecule has 0 saturated heterocycles. The van der Waals surface area contributed by atoms with Crippen LogP contribution in [-0.4, -0.2) is 21.4 Å². The summed E-state index contributed by atoms with van der Waals surface area (Å²) < 4.78 is 43.0. The summed E-state index contributed by atoms with van der Waals surface area (Å²) in [5.74, 6) is -1.43. The summed E-state index contributed by atoms with van der Waals surface area (Å²) in [4.78, 5) is 3.41. The number of nitrogens with two attached hydrogens (primary N) is 1. The van der Waals surface area contributed by atoms with Crippen LogP contribution in [0.25, 0.3) is 0 Å². The van der Waals surface area contributed by atoms with Crippen LogP contribution in [0.4, 0.5) is 20.3 Å². The van der Waals surface area contributed by atoms with Gasteiger partial charge in [0, 0.05) is 30.1 Å². The van der Waals surface area contributed by atoms with E-state index < -0.39 is 22.8 Å². The lowest BCUT2D eigenvalue weighted by Gasteiger charge is -2.14. The molecule has 1 aliphatic carbocycles. The second-order valence-electron chi connectivity index (χ2n) is 7.31. The maximum Gasteiger partial charge on any atom is 0.214 e. The van der Waals surface area contributed by atoms with Gasteiger partial charge in [-0.2, -0.15) is 4.39 Å². The third kappa shape index (κ3) is 4.62. The Balaban J connectivity index is 1.54. The number of halogens is 2. The average molecular weight is 442 g/mol. The van der Waals surface area contributed by atoms with Crippen molar-refractivity contribution in [2.45, 2.75) is 30.3 Å². The van der Waals surface area contributed by atoms with E-state index in [2.05, 4.69) is 21.1 Å². The quantitative estimate of drug-likeness (QED) is 0.333. The molecule has 0 fully saturated rings. The first-order valence-corrected chi connectivity index (χ1v) is 10.8. The standard InChI is InChI=1S/C22H21F2N5OS/c23-18-10-19(27-12-14-4-1-3-13-7-16(26)9-17(13)14)15(11-25)8-20(18)31(30)29-22-6-2-5-21(24)28-22/h1-6,8,10-11,16,25,27H,7,9,12,26H2,(H,28,29). The van der Waals surface area contributed by atoms with Gasteiger partial charge in [0.2, 0.25) is 5.95 Å². The second kappa shape index (κ2) is 8.91. The first-order valence-electron chi connectivity index (χ1n) is 9.68. The van der Waals surface area contributed by atoms with Gasteiger partial charge in [-0.25, -0.2) is 13.6 Å². The molecule has 3 aromatic rings. The van der Waals surface area contributed by atoms with Crippen LogP contribution >= 0.6 is 0 Å². The Morgan fingerprint density at radius 2 is 2.00 bits per heavy atom. The van der Waals surface area contributed by atoms with Crippen molar-refractivity contribution in [3.8, 4) is 0 Å². The zero-order valence-corrected chi connectivity index (χ0v) is 17.3. The summed E-state index contributed by atoms with van der Waals surface area (Å²) in [5.41, 5.74) is 10.4. The highest BCUT2D eigenvalue weighted by atomic mass is 32.2. The SMILES string of the molecule is N=Cc1cc(S(=O)Nc2cccc(F)n2)c(F)cc1NCc1cccc2c1CC(N)C2. The lowest BCUT2D eigenvalue weighted by Crippen LogP contribution is -2.19. The number of aromatic nitrogens is 1. The van der Waals surface area contributed by atoms with Crippen LogP contribution in [0.2, 0.25) is 0 Å². The van der Waals surface area contributed by atoms with Crippen molar-refractivity contribution in [2.24, 2.45) is 5.73 Å². The van der Waals surface area contributed by atoms with Crippen molar-refractivity contribution < 1.29 is 13.0 Å². The van der Waals surface area contributed by atoms with Crippen LogP contribution in [0, 0.1) is 17.2 Å². The molecule has 160 valence electrons. The van der Waals surface area contributed by atoms with Gasteiger partial charge >= 0.3 is 0 Å². The van der Waals surface area contributed by atoms with E-state index in [9.17, 15) is 13.0 Å². The third-order valence-electron chi connectivity index (χ3n) is 5.16. The number of anilines is 2. The molecule has 1 aliphatic rings. The number of nitrogens with one attached hydrogen (secondary N) is 3. The third-order valence-corrected chi connectivity index (χ3v) is 6.27. The van der Waals surface area contributed by atoms with E-state index >= 15 is 0 Å². The van der Waals surface area contributed by atoms with Gasteiger partial charge in [-0.15, -0.1) is 0 Å². The fraction of sp³-hybridized carbons (Fsp3) is 0.182. The number of benzene rings is 2. The maximum atomic E-state index is 14.7. The highest BCUT2D eigenvalue weighted by molar-refractivity contribution is 7.86. The Morgan fingerprint density at radius 1 is 1.19 bits per heavy atom. The molecule has 5 N–H and O–H groups in total. The van der Waals surface area contributed by atoms with Crippen molar-refractivity contribution >= 4 is 28.7 Å². The Hall–Kier alpha value is -3.17. The van der Waals surface area contributed by atoms with E-state index in [-0.39, 0.29) is 16.8 Å². The molecule has 1 heterocycles. The van der Waals surface area contributed by atoms with Crippen LogP contribution in [0.15, 0.2) is 53.4 Å². The van der Waals surface area contributed by atoms with E-state index in [1.165, 1.54) is 35.4 Å². The molecular weight excluding hydrogens is 420 g/mol. The summed E-state index contributed by atoms with van der Waals surface area (Å²) in [6.45, 7) is 0.448. The normalized spacial score (nSPS) is 15.9. The van der Waals surface area contributed by atoms with E-state index in [0.29, 0.717) is 17.8 Å². The van der Waals surface area contributed by atoms with E-state index in [4.69, 9.17) is 11.1 Å². The summed E-state index contributed by atoms with van der Waals surface area (Å²) in [6.07, 6.45) is 2.71. The predicted octanol–water partition coefficient (Wildman–Crippen LogP) is 3.53. The van der Waals surface area contributed by atoms with Crippen LogP contribution in [0.3, 0.4) is 0 Å². The molecule has 0 amide bonds. The number of fused-ring (bicyclic) bond motifs is 1. The molecular formula is C22H21F2N5OS. The van der Waals surface area contributed by atoms with Crippen LogP contribution in [0.1, 0.15) is 22.3 Å². The highest BCUT2D eigenvalue weighted by Gasteiger charge is 2.21. The molecule has 31 heavy (non-hydrogen) atoms. The van der Waals surface area contributed by atoms with Crippen molar-refractivity contribution in [3.63, 3.8) is 0 Å². The first kappa shape index (κ1) is 21.1. The lowest BCUT2D eigenvalue weighted by molar-refractivity contribution is 0.585. The molecule has 2 atom stereocenters. The van der Waals surface area contributed by atoms with Crippen molar-refractivity contribution in [2.75, 3.05) is 10.0 Å². The zero-order chi connectivity index (χ0) is 22.0. The van der Waals surface area contributed by atoms with Gasteiger partial charge < -0.3 is 16.5 Å². The fourth-order valence-electron chi connectivity index (χ4n) is 3.71. The van der Waals surface area contributed by atoms with Gasteiger partial charge in [0.05, 0.1) is 4.90 Å². The summed E-state index contributed by atoms with van der Waals surface area (Å²) in [6, 6.07) is 12.7. The molecule has 0 spiro atoms. The maximum absolute atomic E-state index is 14.7. The van der Waals surface area contributed by atoms with Crippen LogP contribution in [0.5, 0.6) is 0 Å². The predicted molar refractivity (Wildman–Crippen MR) is 118 cm³/mol. The lowest BCUT2D eigenvalue weighted by atomic mass is 10.0. The molecule has 9 heteroatoms. The van der Waals surface area contributed by atoms with E-state index in [1.807, 2.05) is 12.1 Å². The number of pyridine rings is 1. The second-order valence-corrected chi connectivity index (χ2v) is 8.49. The average Bonchev–Trinajstić information content (AvgIpc) is 3.13. The minimum Gasteiger partial charge on any atom is -0.380 e. The molecule has 2 aromatic carbocycles. The van der Waals surface area contributed by atoms with Gasteiger partial charge in [0.15, 0.2) is 11.0 Å². The Bertz CT molecular complexity index is 1170. The molecule has 0 saturated carbocycles. The van der Waals surface area contributed by atoms with Gasteiger partial charge in [-0.1, -0.05) is 24.3 Å². The Morgan fingerprint density at radius 3 is 2.77 bits per heavy atom. The fourth-order valence-corrected chi connectivity index (χ4v) is 4.60. The Labute approximate surface area is 181 Å². The number of hydrogen-bond donors (Lipinski definition) is 4. The van der Waals surface area contributed by atoms with Gasteiger partial charge in [0.1, 0.15) is 11.6 Å². The molecule has 4 rings (SSSR count). The van der Waals surface area contributed by atoms with E-state index in [1.54, 1.807) is 0 Å². The van der Waals surface area contributed by atoms with Crippen molar-refractivity contribution in [1.82, 2.24) is 4.98 Å². The summed E-state index contributed by atoms with van der Waals surface area (Å²) in [5, 5.41) is 10.9. The number of hydrogen-bond acceptors (Lipinski definition) is 5. The summed E-state index contributed by atoms with van der Waals surface area (Å²) in [7, 11) is -2.02. The van der Waals surface area contributed by atoms with Gasteiger partial charge in [-0.05, 0) is 53.8 Å². The van der Waals surface area contributed by atoms with Crippen molar-refractivity contribution in [1.29, 1.82) is 5.41 Å². The summed E-state index contributed by atoms with van der Waals surface area (Å²) >= 11 is 0. The number of nitrogens with zero attached hydrogens (tertiary/aromatic N) is 1. The molecule has 0 radical (unpaired) electrons. The van der Waals surface area contributed by atoms with Crippen LogP contribution < -0.4 is 15.8 Å². The Kier molecular flexibility index (Phi) is 6.06. The van der Waals surface area contributed by atoms with Crippen LogP contribution in [-0.2, 0) is 30.4 Å². The smallest absolute Gasteiger partial charge is 0.214 e. The molecule has 2 unspecified atom stereocenters. The topological polar surface area (TPSA) is 104 Å². The molecule has 6 nitrogen and oxygen atoms in total. The van der Waals surface area contributed by atoms with E-state index in [0.717, 1.165) is 30.7 Å². The zero-order valence-electron chi connectivity index (χ0n) is 16.5. The van der Waals surface area contributed by atoms with Crippen molar-refractivity contribution in [3.05, 3.63) is 82.5 Å². The highest BCUT2D eigenvalue weighted by Crippen LogP contribution is 2.27. The minimum absolute atomic E-state index is 0.0208. The largest absolute Gasteiger partial charge is 0.380 e. The molecule has 0 bridgehead atoms. The van der Waals surface area contributed by atoms with Gasteiger partial charge in [-0.3, -0.25) is 4.72 Å². The van der Waals surface area contributed by atoms with Gasteiger partial charge in [0.25, 0.3) is 0 Å². The first-order chi connectivity index (χ1) is 14.9. The molecule has 1 aromatic heterocycles. The monoisotopic (exact) mass is 441 g/mol. The minimum atomic E-state index is -2.02. The number of rotatable bonds is 7.